The predicted octanol–water partition coefficient (Wildman–Crippen LogP) is 9.69. The van der Waals surface area contributed by atoms with Crippen LogP contribution in [0.15, 0.2) is 133 Å². The Kier molecular flexibility index (Phi) is 4.82. The molecule has 0 aliphatic carbocycles. The molecule has 1 aliphatic heterocycles. The zero-order valence-electron chi connectivity index (χ0n) is 19.6. The van der Waals surface area contributed by atoms with Gasteiger partial charge in [-0.05, 0) is 69.6 Å². The van der Waals surface area contributed by atoms with Crippen molar-refractivity contribution in [2.45, 2.75) is 0 Å². The Morgan fingerprint density at radius 1 is 0.389 bits per heavy atom. The summed E-state index contributed by atoms with van der Waals surface area (Å²) < 4.78 is 6.25. The molecule has 6 aromatic carbocycles. The zero-order chi connectivity index (χ0) is 23.9. The number of hydrogen-bond acceptors (Lipinski definition) is 2. The number of anilines is 2. The molecule has 0 saturated carbocycles. The molecule has 7 rings (SSSR count). The molecule has 1 N–H and O–H groups in total. The summed E-state index contributed by atoms with van der Waals surface area (Å²) in [6.45, 7) is 0. The van der Waals surface area contributed by atoms with Crippen LogP contribution in [0.3, 0.4) is 0 Å². The first-order valence-electron chi connectivity index (χ1n) is 12.2. The average Bonchev–Trinajstić information content (AvgIpc) is 2.95. The first-order valence-corrected chi connectivity index (χ1v) is 12.2. The van der Waals surface area contributed by atoms with Gasteiger partial charge in [0.1, 0.15) is 11.5 Å². The van der Waals surface area contributed by atoms with Crippen molar-refractivity contribution in [3.63, 3.8) is 0 Å². The molecule has 6 aromatic rings. The molecule has 36 heavy (non-hydrogen) atoms. The van der Waals surface area contributed by atoms with Crippen LogP contribution in [0.4, 0.5) is 11.4 Å². The second kappa shape index (κ2) is 8.44. The van der Waals surface area contributed by atoms with Crippen molar-refractivity contribution in [3.05, 3.63) is 133 Å². The van der Waals surface area contributed by atoms with Crippen molar-refractivity contribution in [3.8, 4) is 44.9 Å². The third-order valence-corrected chi connectivity index (χ3v) is 6.88. The lowest BCUT2D eigenvalue weighted by Crippen LogP contribution is -1.97. The topological polar surface area (TPSA) is 21.3 Å². The van der Waals surface area contributed by atoms with Gasteiger partial charge in [-0.1, -0.05) is 97.1 Å². The van der Waals surface area contributed by atoms with E-state index in [2.05, 4.69) is 121 Å². The maximum Gasteiger partial charge on any atom is 0.135 e. The highest BCUT2D eigenvalue weighted by Crippen LogP contribution is 2.48. The van der Waals surface area contributed by atoms with Gasteiger partial charge in [0.2, 0.25) is 0 Å². The third kappa shape index (κ3) is 3.52. The largest absolute Gasteiger partial charge is 0.456 e. The lowest BCUT2D eigenvalue weighted by Gasteiger charge is -2.22. The average molecular weight is 462 g/mol. The molecule has 0 radical (unpaired) electrons. The van der Waals surface area contributed by atoms with E-state index in [1.54, 1.807) is 0 Å². The molecule has 170 valence electrons. The van der Waals surface area contributed by atoms with Gasteiger partial charge in [0.15, 0.2) is 0 Å². The number of rotatable bonds is 4. The van der Waals surface area contributed by atoms with E-state index in [4.69, 9.17) is 4.74 Å². The van der Waals surface area contributed by atoms with Crippen molar-refractivity contribution >= 4 is 22.1 Å². The Morgan fingerprint density at radius 3 is 1.81 bits per heavy atom. The van der Waals surface area contributed by atoms with Gasteiger partial charge >= 0.3 is 0 Å². The highest BCUT2D eigenvalue weighted by Gasteiger charge is 2.20. The van der Waals surface area contributed by atoms with Crippen molar-refractivity contribution in [1.82, 2.24) is 0 Å². The molecule has 0 amide bonds. The molecule has 0 saturated heterocycles. The summed E-state index contributed by atoms with van der Waals surface area (Å²) in [7, 11) is 0. The summed E-state index contributed by atoms with van der Waals surface area (Å²) in [6, 6.07) is 46.7. The summed E-state index contributed by atoms with van der Waals surface area (Å²) in [5.74, 6) is 1.83. The van der Waals surface area contributed by atoms with Crippen LogP contribution < -0.4 is 10.1 Å². The van der Waals surface area contributed by atoms with Crippen LogP contribution in [0.1, 0.15) is 0 Å². The van der Waals surface area contributed by atoms with Gasteiger partial charge in [0.05, 0.1) is 0 Å². The second-order valence-electron chi connectivity index (χ2n) is 9.08. The van der Waals surface area contributed by atoms with E-state index < -0.39 is 0 Å². The van der Waals surface area contributed by atoms with Crippen LogP contribution in [0, 0.1) is 0 Å². The van der Waals surface area contributed by atoms with Crippen molar-refractivity contribution < 1.29 is 4.74 Å². The van der Waals surface area contributed by atoms with Gasteiger partial charge in [-0.15, -0.1) is 0 Å². The molecular formula is C34H23NO. The molecular weight excluding hydrogens is 438 g/mol. The Balaban J connectivity index is 1.19. The van der Waals surface area contributed by atoms with E-state index in [1.807, 2.05) is 18.2 Å². The second-order valence-corrected chi connectivity index (χ2v) is 9.08. The first kappa shape index (κ1) is 20.5. The van der Waals surface area contributed by atoms with Crippen LogP contribution in [-0.4, -0.2) is 0 Å². The summed E-state index contributed by atoms with van der Waals surface area (Å²) in [4.78, 5) is 0. The van der Waals surface area contributed by atoms with Gasteiger partial charge in [-0.2, -0.15) is 0 Å². The molecule has 0 unspecified atom stereocenters. The lowest BCUT2D eigenvalue weighted by molar-refractivity contribution is 0.487. The first-order chi connectivity index (χ1) is 17.8. The van der Waals surface area contributed by atoms with Gasteiger partial charge < -0.3 is 10.1 Å². The Bertz CT molecular complexity index is 1700. The number of benzene rings is 6. The molecule has 0 spiro atoms. The van der Waals surface area contributed by atoms with E-state index in [-0.39, 0.29) is 0 Å². The molecule has 0 atom stereocenters. The van der Waals surface area contributed by atoms with E-state index in [1.165, 1.54) is 38.6 Å². The van der Waals surface area contributed by atoms with Crippen LogP contribution in [-0.2, 0) is 0 Å². The summed E-state index contributed by atoms with van der Waals surface area (Å²) in [5, 5.41) is 5.91. The van der Waals surface area contributed by atoms with E-state index in [9.17, 15) is 0 Å². The zero-order valence-corrected chi connectivity index (χ0v) is 19.6. The van der Waals surface area contributed by atoms with E-state index in [0.717, 1.165) is 28.4 Å². The van der Waals surface area contributed by atoms with Crippen LogP contribution in [0.25, 0.3) is 44.2 Å². The Hall–Kier alpha value is -4.82. The third-order valence-electron chi connectivity index (χ3n) is 6.88. The fourth-order valence-electron chi connectivity index (χ4n) is 5.11. The highest BCUT2D eigenvalue weighted by molar-refractivity contribution is 6.09. The SMILES string of the molecule is c1ccc(-c2ccc(Nc3ccc(-c4ccc5c6c(cccc46)-c4ccccc4O5)cc3)cc2)cc1. The number of ether oxygens (including phenoxy) is 1. The van der Waals surface area contributed by atoms with Crippen molar-refractivity contribution in [1.29, 1.82) is 0 Å². The summed E-state index contributed by atoms with van der Waals surface area (Å²) >= 11 is 0. The van der Waals surface area contributed by atoms with Crippen LogP contribution in [0.5, 0.6) is 11.5 Å². The van der Waals surface area contributed by atoms with E-state index >= 15 is 0 Å². The minimum absolute atomic E-state index is 0.914. The fraction of sp³-hybridized carbons (Fsp3) is 0. The standard InChI is InChI=1S/C34H23NO/c1-2-7-23(8-3-1)24-13-17-26(18-14-24)35-27-19-15-25(16-20-27)28-21-22-33-34-30(28)10-6-11-31(34)29-9-4-5-12-32(29)36-33/h1-22,35H. The smallest absolute Gasteiger partial charge is 0.135 e. The molecule has 0 fully saturated rings. The molecule has 1 aliphatic rings. The molecule has 0 aromatic heterocycles. The fourth-order valence-corrected chi connectivity index (χ4v) is 5.11. The molecule has 0 bridgehead atoms. The quantitative estimate of drug-likeness (QED) is 0.282. The Labute approximate surface area is 210 Å². The normalized spacial score (nSPS) is 11.6. The van der Waals surface area contributed by atoms with Gasteiger partial charge in [-0.25, -0.2) is 0 Å². The molecule has 1 heterocycles. The Morgan fingerprint density at radius 2 is 1.03 bits per heavy atom. The minimum atomic E-state index is 0.914. The van der Waals surface area contributed by atoms with Crippen molar-refractivity contribution in [2.24, 2.45) is 0 Å². The van der Waals surface area contributed by atoms with Gasteiger partial charge in [0, 0.05) is 22.3 Å². The number of nitrogens with one attached hydrogen (secondary N) is 1. The molecule has 2 nitrogen and oxygen atoms in total. The lowest BCUT2D eigenvalue weighted by atomic mass is 9.90. The monoisotopic (exact) mass is 461 g/mol. The summed E-state index contributed by atoms with van der Waals surface area (Å²) in [6.07, 6.45) is 0. The number of fused-ring (bicyclic) bond motifs is 2. The minimum Gasteiger partial charge on any atom is -0.456 e. The van der Waals surface area contributed by atoms with Crippen LogP contribution in [0.2, 0.25) is 0 Å². The van der Waals surface area contributed by atoms with Gasteiger partial charge in [-0.3, -0.25) is 0 Å². The number of para-hydroxylation sites is 1. The van der Waals surface area contributed by atoms with Crippen LogP contribution >= 0.6 is 0 Å². The predicted molar refractivity (Wildman–Crippen MR) is 150 cm³/mol. The van der Waals surface area contributed by atoms with Gasteiger partial charge in [0.25, 0.3) is 0 Å². The van der Waals surface area contributed by atoms with E-state index in [0.29, 0.717) is 0 Å². The molecule has 2 heteroatoms. The summed E-state index contributed by atoms with van der Waals surface area (Å²) in [5.41, 5.74) is 9.33. The van der Waals surface area contributed by atoms with Crippen molar-refractivity contribution in [2.75, 3.05) is 5.32 Å². The maximum atomic E-state index is 6.25. The highest BCUT2D eigenvalue weighted by atomic mass is 16.5. The number of hydrogen-bond donors (Lipinski definition) is 1. The maximum absolute atomic E-state index is 6.25.